The molecule has 5 N–H and O–H groups in total. The Morgan fingerprint density at radius 1 is 1.28 bits per heavy atom. The number of nitrogens with one attached hydrogen (secondary N) is 2. The minimum atomic E-state index is -1.36. The van der Waals surface area contributed by atoms with E-state index in [1.807, 2.05) is 0 Å². The molecule has 2 heterocycles. The second-order valence-electron chi connectivity index (χ2n) is 7.95. The fourth-order valence-electron chi connectivity index (χ4n) is 4.00. The molecule has 0 saturated carbocycles. The molecule has 2 rings (SSSR count). The summed E-state index contributed by atoms with van der Waals surface area (Å²) >= 11 is 7.54. The second kappa shape index (κ2) is 12.9. The molecule has 0 radical (unpaired) electrons. The Morgan fingerprint density at radius 2 is 1.97 bits per heavy atom. The van der Waals surface area contributed by atoms with Crippen molar-refractivity contribution in [3.05, 3.63) is 0 Å². The Labute approximate surface area is 189 Å². The van der Waals surface area contributed by atoms with Crippen LogP contribution < -0.4 is 10.6 Å². The first-order chi connectivity index (χ1) is 13.3. The molecule has 172 valence electrons. The van der Waals surface area contributed by atoms with Crippen molar-refractivity contribution in [3.8, 4) is 0 Å². The summed E-state index contributed by atoms with van der Waals surface area (Å²) in [7, 11) is 0. The quantitative estimate of drug-likeness (QED) is 0.252. The molecule has 10 heteroatoms. The Balaban J connectivity index is 0.00000420. The highest BCUT2D eigenvalue weighted by Crippen LogP contribution is 2.30. The van der Waals surface area contributed by atoms with E-state index in [0.29, 0.717) is 5.92 Å². The summed E-state index contributed by atoms with van der Waals surface area (Å²) in [6.07, 6.45) is 2.39. The zero-order valence-corrected chi connectivity index (χ0v) is 19.7. The molecule has 0 aromatic rings. The maximum atomic E-state index is 12.8. The van der Waals surface area contributed by atoms with Crippen LogP contribution in [0.3, 0.4) is 0 Å². The molecule has 2 aliphatic heterocycles. The predicted octanol–water partition coefficient (Wildman–Crippen LogP) is 1.25. The van der Waals surface area contributed by atoms with E-state index in [2.05, 4.69) is 17.6 Å². The third kappa shape index (κ3) is 7.10. The van der Waals surface area contributed by atoms with Crippen molar-refractivity contribution in [2.45, 2.75) is 93.3 Å². The largest absolute Gasteiger partial charge is 0.388 e. The van der Waals surface area contributed by atoms with E-state index in [4.69, 9.17) is 16.3 Å². The first-order valence-electron chi connectivity index (χ1n) is 10.2. The van der Waals surface area contributed by atoms with Gasteiger partial charge in [0.1, 0.15) is 29.9 Å². The number of unbranched alkanes of at least 4 members (excludes halogenated alkanes) is 2. The summed E-state index contributed by atoms with van der Waals surface area (Å²) < 4.78 is 5.79. The minimum Gasteiger partial charge on any atom is -0.388 e. The second-order valence-corrected chi connectivity index (χ2v) is 9.57. The molecule has 1 unspecified atom stereocenters. The van der Waals surface area contributed by atoms with Gasteiger partial charge in [0.25, 0.3) is 0 Å². The molecule has 7 nitrogen and oxygen atoms in total. The van der Waals surface area contributed by atoms with Crippen LogP contribution in [0, 0.1) is 5.92 Å². The van der Waals surface area contributed by atoms with Crippen molar-refractivity contribution in [3.63, 3.8) is 0 Å². The van der Waals surface area contributed by atoms with Crippen LogP contribution in [0.4, 0.5) is 0 Å². The van der Waals surface area contributed by atoms with E-state index in [-0.39, 0.29) is 24.4 Å². The van der Waals surface area contributed by atoms with Gasteiger partial charge in [-0.25, -0.2) is 0 Å². The number of carbonyl (C=O) groups is 1. The van der Waals surface area contributed by atoms with E-state index in [1.54, 1.807) is 13.2 Å². The van der Waals surface area contributed by atoms with Crippen molar-refractivity contribution in [2.75, 3.05) is 12.8 Å². The van der Waals surface area contributed by atoms with Crippen LogP contribution in [0.1, 0.15) is 46.0 Å². The van der Waals surface area contributed by atoms with Gasteiger partial charge in [-0.05, 0) is 38.5 Å². The van der Waals surface area contributed by atoms with Crippen LogP contribution >= 0.6 is 35.8 Å². The maximum absolute atomic E-state index is 12.8. The summed E-state index contributed by atoms with van der Waals surface area (Å²) in [6, 6.07) is -0.987. The number of hydrogen-bond acceptors (Lipinski definition) is 7. The summed E-state index contributed by atoms with van der Waals surface area (Å²) in [5, 5.41) is 36.3. The Hall–Kier alpha value is 0.200. The Bertz CT molecular complexity index is 503. The summed E-state index contributed by atoms with van der Waals surface area (Å²) in [5.41, 5.74) is -0.703. The lowest BCUT2D eigenvalue weighted by atomic mass is 9.92. The van der Waals surface area contributed by atoms with E-state index < -0.39 is 41.3 Å². The van der Waals surface area contributed by atoms with Gasteiger partial charge in [-0.15, -0.1) is 35.8 Å². The fourth-order valence-corrected chi connectivity index (χ4v) is 4.89. The lowest BCUT2D eigenvalue weighted by molar-refractivity contribution is -0.205. The summed E-state index contributed by atoms with van der Waals surface area (Å²) in [6.45, 7) is 4.71. The van der Waals surface area contributed by atoms with Crippen LogP contribution in [0.2, 0.25) is 0 Å². The standard InChI is InChI=1S/C19H35ClN2O5S.ClH/c1-4-5-6-7-11-8-12(21-9-11)18(26)22-13(10(2)20)17-15(24)14(23)16(25)19(27-17)28-3;/h10-17,19,21,23-25H,4-9H2,1-3H3,(H,22,26);1H/t10-,11?,12+,13+,14-,15+,16+,17+,19+;/m0./s1. The molecule has 1 amide bonds. The highest BCUT2D eigenvalue weighted by Gasteiger charge is 2.48. The van der Waals surface area contributed by atoms with Gasteiger partial charge >= 0.3 is 0 Å². The monoisotopic (exact) mass is 474 g/mol. The van der Waals surface area contributed by atoms with E-state index in [9.17, 15) is 20.1 Å². The molecule has 29 heavy (non-hydrogen) atoms. The normalized spacial score (nSPS) is 36.9. The molecular weight excluding hydrogens is 439 g/mol. The smallest absolute Gasteiger partial charge is 0.237 e. The zero-order valence-electron chi connectivity index (χ0n) is 17.3. The molecule has 0 aromatic heterocycles. The molecule has 0 bridgehead atoms. The molecular formula is C19H36Cl2N2O5S. The number of halogens is 2. The average molecular weight is 475 g/mol. The number of alkyl halides is 1. The lowest BCUT2D eigenvalue weighted by Crippen LogP contribution is -2.65. The van der Waals surface area contributed by atoms with Crippen LogP contribution in [-0.2, 0) is 9.53 Å². The van der Waals surface area contributed by atoms with Crippen molar-refractivity contribution in [2.24, 2.45) is 5.92 Å². The van der Waals surface area contributed by atoms with Crippen molar-refractivity contribution >= 4 is 41.7 Å². The number of aliphatic hydroxyl groups excluding tert-OH is 3. The van der Waals surface area contributed by atoms with Gasteiger partial charge in [0.05, 0.1) is 17.5 Å². The van der Waals surface area contributed by atoms with Gasteiger partial charge in [-0.1, -0.05) is 26.2 Å². The number of amides is 1. The number of hydrogen-bond donors (Lipinski definition) is 5. The van der Waals surface area contributed by atoms with Gasteiger partial charge in [0.15, 0.2) is 0 Å². The lowest BCUT2D eigenvalue weighted by Gasteiger charge is -2.44. The molecule has 2 aliphatic rings. The van der Waals surface area contributed by atoms with Crippen LogP contribution in [0.5, 0.6) is 0 Å². The van der Waals surface area contributed by atoms with Gasteiger partial charge < -0.3 is 30.7 Å². The fraction of sp³-hybridized carbons (Fsp3) is 0.947. The number of aliphatic hydroxyl groups is 3. The van der Waals surface area contributed by atoms with Crippen molar-refractivity contribution < 1.29 is 24.9 Å². The van der Waals surface area contributed by atoms with Crippen molar-refractivity contribution in [1.82, 2.24) is 10.6 Å². The number of rotatable bonds is 9. The predicted molar refractivity (Wildman–Crippen MR) is 119 cm³/mol. The average Bonchev–Trinajstić information content (AvgIpc) is 3.14. The number of carbonyl (C=O) groups excluding carboxylic acids is 1. The third-order valence-corrected chi connectivity index (χ3v) is 6.88. The van der Waals surface area contributed by atoms with E-state index in [1.165, 1.54) is 31.0 Å². The third-order valence-electron chi connectivity index (χ3n) is 5.75. The summed E-state index contributed by atoms with van der Waals surface area (Å²) in [4.78, 5) is 12.8. The molecule has 0 spiro atoms. The first kappa shape index (κ1) is 27.2. The first-order valence-corrected chi connectivity index (χ1v) is 11.9. The van der Waals surface area contributed by atoms with Gasteiger partial charge in [0.2, 0.25) is 5.91 Å². The van der Waals surface area contributed by atoms with E-state index in [0.717, 1.165) is 19.4 Å². The minimum absolute atomic E-state index is 0. The molecule has 0 aliphatic carbocycles. The Morgan fingerprint density at radius 3 is 2.55 bits per heavy atom. The zero-order chi connectivity index (χ0) is 20.8. The molecule has 0 aromatic carbocycles. The van der Waals surface area contributed by atoms with Gasteiger partial charge in [0, 0.05) is 0 Å². The van der Waals surface area contributed by atoms with Gasteiger partial charge in [-0.3, -0.25) is 4.79 Å². The Kier molecular flexibility index (Phi) is 12.1. The van der Waals surface area contributed by atoms with Crippen LogP contribution in [0.15, 0.2) is 0 Å². The van der Waals surface area contributed by atoms with Crippen molar-refractivity contribution in [1.29, 1.82) is 0 Å². The van der Waals surface area contributed by atoms with Crippen LogP contribution in [0.25, 0.3) is 0 Å². The number of thioether (sulfide) groups is 1. The highest BCUT2D eigenvalue weighted by atomic mass is 35.5. The van der Waals surface area contributed by atoms with E-state index >= 15 is 0 Å². The highest BCUT2D eigenvalue weighted by molar-refractivity contribution is 7.99. The molecule has 2 saturated heterocycles. The summed E-state index contributed by atoms with van der Waals surface area (Å²) in [5.74, 6) is 0.316. The molecule has 2 fully saturated rings. The topological polar surface area (TPSA) is 111 Å². The van der Waals surface area contributed by atoms with Crippen LogP contribution in [-0.4, -0.2) is 81.3 Å². The molecule has 9 atom stereocenters. The SMILES string of the molecule is CCCCCC1CN[C@@H](C(=O)N[C@@H]([C@H]2O[C@H](SC)[C@H](O)[C@@H](O)[C@H]2O)[C@H](C)Cl)C1.Cl. The maximum Gasteiger partial charge on any atom is 0.237 e. The number of ether oxygens (including phenoxy) is 1. The van der Waals surface area contributed by atoms with Gasteiger partial charge in [-0.2, -0.15) is 0 Å².